The van der Waals surface area contributed by atoms with Gasteiger partial charge in [0, 0.05) is 5.56 Å². The Morgan fingerprint density at radius 3 is 2.45 bits per heavy atom. The van der Waals surface area contributed by atoms with Crippen molar-refractivity contribution in [3.8, 4) is 0 Å². The number of rotatable bonds is 6. The van der Waals surface area contributed by atoms with Crippen molar-refractivity contribution in [3.63, 3.8) is 0 Å². The van der Waals surface area contributed by atoms with Gasteiger partial charge >= 0.3 is 5.97 Å². The van der Waals surface area contributed by atoms with Crippen molar-refractivity contribution < 1.29 is 14.3 Å². The molecule has 0 atom stereocenters. The number of ether oxygens (including phenoxy) is 1. The van der Waals surface area contributed by atoms with E-state index in [0.717, 1.165) is 0 Å². The Labute approximate surface area is 120 Å². The molecule has 1 aromatic carbocycles. The topological polar surface area (TPSA) is 55.4 Å². The molecule has 1 rings (SSSR count). The number of amides is 1. The summed E-state index contributed by atoms with van der Waals surface area (Å²) in [7, 11) is -1.25. The van der Waals surface area contributed by atoms with Gasteiger partial charge in [-0.3, -0.25) is 9.59 Å². The summed E-state index contributed by atoms with van der Waals surface area (Å²) in [6.45, 7) is 6.74. The van der Waals surface area contributed by atoms with Gasteiger partial charge in [0.2, 0.25) is 0 Å². The summed E-state index contributed by atoms with van der Waals surface area (Å²) < 4.78 is 5.01. The average molecular weight is 291 g/mol. The molecular weight excluding hydrogens is 270 g/mol. The third kappa shape index (κ3) is 6.89. The Bertz CT molecular complexity index is 478. The molecule has 0 saturated heterocycles. The van der Waals surface area contributed by atoms with Crippen LogP contribution in [0.15, 0.2) is 42.1 Å². The first-order valence-electron chi connectivity index (χ1n) is 6.55. The van der Waals surface area contributed by atoms with E-state index in [9.17, 15) is 9.59 Å². The van der Waals surface area contributed by atoms with E-state index in [4.69, 9.17) is 4.74 Å². The highest BCUT2D eigenvalue weighted by molar-refractivity contribution is 6.80. The monoisotopic (exact) mass is 291 g/mol. The standard InChI is InChI=1S/C15H21NO3Si/c1-20(2,3)11-7-10-19-14(17)12-16-15(18)13-8-5-4-6-9-13/h4-9,11H,10,12H2,1-3H3,(H,16,18)/b11-7+. The first kappa shape index (κ1) is 16.2. The summed E-state index contributed by atoms with van der Waals surface area (Å²) in [5, 5.41) is 2.53. The second-order valence-corrected chi connectivity index (χ2v) is 10.6. The summed E-state index contributed by atoms with van der Waals surface area (Å²) in [6.07, 6.45) is 1.86. The molecule has 1 N–H and O–H groups in total. The number of hydrogen-bond acceptors (Lipinski definition) is 3. The molecule has 5 heteroatoms. The highest BCUT2D eigenvalue weighted by Gasteiger charge is 2.09. The highest BCUT2D eigenvalue weighted by Crippen LogP contribution is 2.01. The van der Waals surface area contributed by atoms with Gasteiger partial charge in [-0.1, -0.05) is 49.6 Å². The largest absolute Gasteiger partial charge is 0.460 e. The van der Waals surface area contributed by atoms with Gasteiger partial charge in [0.05, 0.1) is 8.07 Å². The zero-order chi connectivity index (χ0) is 15.0. The van der Waals surface area contributed by atoms with Gasteiger partial charge in [-0.15, -0.1) is 0 Å². The SMILES string of the molecule is C[Si](C)(C)/C=C/COC(=O)CNC(=O)c1ccccc1. The van der Waals surface area contributed by atoms with Crippen molar-refractivity contribution in [2.24, 2.45) is 0 Å². The van der Waals surface area contributed by atoms with Crippen LogP contribution in [0, 0.1) is 0 Å². The molecule has 1 amide bonds. The molecule has 0 bridgehead atoms. The Morgan fingerprint density at radius 1 is 1.20 bits per heavy atom. The van der Waals surface area contributed by atoms with E-state index in [1.807, 2.05) is 12.1 Å². The third-order valence-electron chi connectivity index (χ3n) is 2.39. The minimum Gasteiger partial charge on any atom is -0.460 e. The minimum atomic E-state index is -1.25. The number of carbonyl (C=O) groups excluding carboxylic acids is 2. The lowest BCUT2D eigenvalue weighted by Crippen LogP contribution is -2.30. The maximum atomic E-state index is 11.7. The number of benzene rings is 1. The maximum absolute atomic E-state index is 11.7. The van der Waals surface area contributed by atoms with E-state index in [1.165, 1.54) is 0 Å². The van der Waals surface area contributed by atoms with E-state index in [1.54, 1.807) is 24.3 Å². The minimum absolute atomic E-state index is 0.117. The van der Waals surface area contributed by atoms with Crippen molar-refractivity contribution in [3.05, 3.63) is 47.7 Å². The zero-order valence-corrected chi connectivity index (χ0v) is 13.2. The molecule has 0 heterocycles. The molecular formula is C15H21NO3Si. The smallest absolute Gasteiger partial charge is 0.325 e. The molecule has 0 aliphatic heterocycles. The van der Waals surface area contributed by atoms with E-state index >= 15 is 0 Å². The lowest BCUT2D eigenvalue weighted by Gasteiger charge is -2.08. The molecule has 20 heavy (non-hydrogen) atoms. The molecule has 0 spiro atoms. The summed E-state index contributed by atoms with van der Waals surface area (Å²) in [6, 6.07) is 8.76. The summed E-state index contributed by atoms with van der Waals surface area (Å²) in [5.41, 5.74) is 2.64. The van der Waals surface area contributed by atoms with Crippen LogP contribution < -0.4 is 5.32 Å². The van der Waals surface area contributed by atoms with Gasteiger partial charge in [-0.25, -0.2) is 0 Å². The van der Waals surface area contributed by atoms with Gasteiger partial charge in [-0.05, 0) is 12.1 Å². The van der Waals surface area contributed by atoms with Crippen LogP contribution in [-0.4, -0.2) is 33.1 Å². The van der Waals surface area contributed by atoms with Gasteiger partial charge in [0.25, 0.3) is 5.91 Å². The summed E-state index contributed by atoms with van der Waals surface area (Å²) >= 11 is 0. The number of hydrogen-bond donors (Lipinski definition) is 1. The summed E-state index contributed by atoms with van der Waals surface area (Å²) in [5.74, 6) is -0.713. The van der Waals surface area contributed by atoms with Crippen LogP contribution in [0.25, 0.3) is 0 Å². The molecule has 1 aromatic rings. The lowest BCUT2D eigenvalue weighted by molar-refractivity contribution is -0.141. The van der Waals surface area contributed by atoms with Crippen LogP contribution in [0.4, 0.5) is 0 Å². The van der Waals surface area contributed by atoms with Gasteiger partial charge < -0.3 is 10.1 Å². The maximum Gasteiger partial charge on any atom is 0.325 e. The number of esters is 1. The van der Waals surface area contributed by atoms with Crippen LogP contribution in [-0.2, 0) is 9.53 Å². The Balaban J connectivity index is 2.27. The highest BCUT2D eigenvalue weighted by atomic mass is 28.3. The molecule has 0 aliphatic carbocycles. The van der Waals surface area contributed by atoms with Gasteiger partial charge in [0.15, 0.2) is 0 Å². The molecule has 4 nitrogen and oxygen atoms in total. The lowest BCUT2D eigenvalue weighted by atomic mass is 10.2. The summed E-state index contributed by atoms with van der Waals surface area (Å²) in [4.78, 5) is 23.1. The normalized spacial score (nSPS) is 11.3. The Kier molecular flexibility index (Phi) is 6.18. The Hall–Kier alpha value is -1.88. The number of nitrogens with one attached hydrogen (secondary N) is 1. The van der Waals surface area contributed by atoms with Crippen molar-refractivity contribution >= 4 is 20.0 Å². The fourth-order valence-corrected chi connectivity index (χ4v) is 2.24. The van der Waals surface area contributed by atoms with Crippen LogP contribution in [0.3, 0.4) is 0 Å². The average Bonchev–Trinajstić information content (AvgIpc) is 2.41. The van der Waals surface area contributed by atoms with Crippen molar-refractivity contribution in [2.75, 3.05) is 13.2 Å². The molecule has 0 aliphatic rings. The van der Waals surface area contributed by atoms with Crippen LogP contribution in [0.1, 0.15) is 10.4 Å². The zero-order valence-electron chi connectivity index (χ0n) is 12.2. The van der Waals surface area contributed by atoms with E-state index in [0.29, 0.717) is 5.56 Å². The quantitative estimate of drug-likeness (QED) is 0.647. The molecule has 0 radical (unpaired) electrons. The molecule has 0 aromatic heterocycles. The van der Waals surface area contributed by atoms with Crippen LogP contribution in [0.2, 0.25) is 19.6 Å². The first-order valence-corrected chi connectivity index (χ1v) is 10.1. The second kappa shape index (κ2) is 7.64. The molecule has 0 saturated carbocycles. The van der Waals surface area contributed by atoms with E-state index in [-0.39, 0.29) is 19.1 Å². The van der Waals surface area contributed by atoms with Crippen molar-refractivity contribution in [2.45, 2.75) is 19.6 Å². The first-order chi connectivity index (χ1) is 9.38. The van der Waals surface area contributed by atoms with E-state index < -0.39 is 14.0 Å². The predicted molar refractivity (Wildman–Crippen MR) is 82.2 cm³/mol. The molecule has 0 fully saturated rings. The van der Waals surface area contributed by atoms with Crippen LogP contribution in [0.5, 0.6) is 0 Å². The van der Waals surface area contributed by atoms with Gasteiger partial charge in [0.1, 0.15) is 13.2 Å². The van der Waals surface area contributed by atoms with Crippen LogP contribution >= 0.6 is 0 Å². The fraction of sp³-hybridized carbons (Fsp3) is 0.333. The third-order valence-corrected chi connectivity index (χ3v) is 3.62. The Morgan fingerprint density at radius 2 is 1.85 bits per heavy atom. The van der Waals surface area contributed by atoms with Gasteiger partial charge in [-0.2, -0.15) is 0 Å². The molecule has 108 valence electrons. The second-order valence-electron chi connectivity index (χ2n) is 5.50. The number of carbonyl (C=O) groups is 2. The van der Waals surface area contributed by atoms with E-state index in [2.05, 4.69) is 30.7 Å². The van der Waals surface area contributed by atoms with Crippen molar-refractivity contribution in [1.82, 2.24) is 5.32 Å². The molecule has 0 unspecified atom stereocenters. The van der Waals surface area contributed by atoms with Crippen molar-refractivity contribution in [1.29, 1.82) is 0 Å². The fourth-order valence-electron chi connectivity index (χ4n) is 1.44. The predicted octanol–water partition coefficient (Wildman–Crippen LogP) is 2.39.